The van der Waals surface area contributed by atoms with Crippen LogP contribution in [0.5, 0.6) is 11.5 Å². The van der Waals surface area contributed by atoms with Gasteiger partial charge in [0.1, 0.15) is 12.7 Å². The zero-order valence-electron chi connectivity index (χ0n) is 16.1. The summed E-state index contributed by atoms with van der Waals surface area (Å²) in [6, 6.07) is 19.1. The molecule has 2 N–H and O–H groups in total. The van der Waals surface area contributed by atoms with E-state index < -0.39 is 18.2 Å². The molecule has 0 aliphatic heterocycles. The van der Waals surface area contributed by atoms with Crippen LogP contribution in [0.2, 0.25) is 10.0 Å². The summed E-state index contributed by atoms with van der Waals surface area (Å²) in [7, 11) is 0. The Morgan fingerprint density at radius 1 is 0.933 bits per heavy atom. The zero-order valence-corrected chi connectivity index (χ0v) is 17.6. The highest BCUT2D eigenvalue weighted by atomic mass is 35.5. The van der Waals surface area contributed by atoms with Crippen molar-refractivity contribution < 1.29 is 24.5 Å². The lowest BCUT2D eigenvalue weighted by Crippen LogP contribution is -2.14. The van der Waals surface area contributed by atoms with Crippen LogP contribution in [0, 0.1) is 0 Å². The maximum absolute atomic E-state index is 11.4. The summed E-state index contributed by atoms with van der Waals surface area (Å²) in [4.78, 5) is 11.4. The van der Waals surface area contributed by atoms with Crippen LogP contribution in [-0.4, -0.2) is 16.2 Å². The monoisotopic (exact) mass is 446 g/mol. The van der Waals surface area contributed by atoms with Crippen molar-refractivity contribution in [3.05, 3.63) is 93.5 Å². The van der Waals surface area contributed by atoms with E-state index in [0.717, 1.165) is 5.56 Å². The molecule has 0 spiro atoms. The number of carboxylic acids is 1. The number of ether oxygens (including phenoxy) is 2. The maximum Gasteiger partial charge on any atom is 0.337 e. The Kier molecular flexibility index (Phi) is 7.21. The topological polar surface area (TPSA) is 76.0 Å². The third-order valence-corrected chi connectivity index (χ3v) is 5.23. The summed E-state index contributed by atoms with van der Waals surface area (Å²) in [5, 5.41) is 20.5. The lowest BCUT2D eigenvalue weighted by atomic mass is 10.1. The first kappa shape index (κ1) is 22.0. The average molecular weight is 447 g/mol. The Balaban J connectivity index is 1.95. The van der Waals surface area contributed by atoms with Crippen LogP contribution >= 0.6 is 23.2 Å². The molecule has 0 aliphatic rings. The van der Waals surface area contributed by atoms with Gasteiger partial charge in [0.25, 0.3) is 0 Å². The van der Waals surface area contributed by atoms with E-state index >= 15 is 0 Å². The third-order valence-electron chi connectivity index (χ3n) is 4.51. The second-order valence-corrected chi connectivity index (χ2v) is 7.39. The molecule has 156 valence electrons. The summed E-state index contributed by atoms with van der Waals surface area (Å²) < 4.78 is 12.0. The molecule has 0 saturated carbocycles. The smallest absolute Gasteiger partial charge is 0.337 e. The second kappa shape index (κ2) is 9.85. The molecule has 0 radical (unpaired) electrons. The Labute approximate surface area is 184 Å². The van der Waals surface area contributed by atoms with Gasteiger partial charge in [0, 0.05) is 26.7 Å². The van der Waals surface area contributed by atoms with Crippen molar-refractivity contribution in [3.63, 3.8) is 0 Å². The molecule has 3 aromatic rings. The Hall–Kier alpha value is -2.73. The van der Waals surface area contributed by atoms with Gasteiger partial charge in [-0.2, -0.15) is 0 Å². The van der Waals surface area contributed by atoms with Gasteiger partial charge < -0.3 is 19.7 Å². The number of para-hydroxylation sites is 1. The Morgan fingerprint density at radius 3 is 2.23 bits per heavy atom. The normalized spacial score (nSPS) is 12.8. The molecular weight excluding hydrogens is 427 g/mol. The minimum Gasteiger partial charge on any atom is -0.485 e. The highest BCUT2D eigenvalue weighted by molar-refractivity contribution is 6.31. The first-order valence-electron chi connectivity index (χ1n) is 9.19. The van der Waals surface area contributed by atoms with Crippen LogP contribution in [-0.2, 0) is 11.4 Å². The molecule has 3 rings (SSSR count). The molecule has 2 atom stereocenters. The first-order valence-corrected chi connectivity index (χ1v) is 9.95. The summed E-state index contributed by atoms with van der Waals surface area (Å²) in [5.74, 6) is -0.979. The number of aliphatic carboxylic acids is 1. The van der Waals surface area contributed by atoms with Crippen LogP contribution in [0.3, 0.4) is 0 Å². The van der Waals surface area contributed by atoms with Crippen molar-refractivity contribution >= 4 is 29.2 Å². The van der Waals surface area contributed by atoms with Crippen LogP contribution in [0.15, 0.2) is 66.7 Å². The fraction of sp³-hybridized carbons (Fsp3) is 0.174. The highest BCUT2D eigenvalue weighted by Gasteiger charge is 2.25. The molecule has 2 unspecified atom stereocenters. The van der Waals surface area contributed by atoms with Gasteiger partial charge in [-0.05, 0) is 25.1 Å². The van der Waals surface area contributed by atoms with Gasteiger partial charge in [-0.15, -0.1) is 0 Å². The molecule has 0 amide bonds. The van der Waals surface area contributed by atoms with Crippen LogP contribution in [0.4, 0.5) is 0 Å². The fourth-order valence-electron chi connectivity index (χ4n) is 2.95. The van der Waals surface area contributed by atoms with Crippen LogP contribution < -0.4 is 9.47 Å². The van der Waals surface area contributed by atoms with E-state index in [9.17, 15) is 15.0 Å². The van der Waals surface area contributed by atoms with Gasteiger partial charge in [-0.25, -0.2) is 4.79 Å². The van der Waals surface area contributed by atoms with E-state index in [1.165, 1.54) is 6.07 Å². The largest absolute Gasteiger partial charge is 0.485 e. The van der Waals surface area contributed by atoms with E-state index in [4.69, 9.17) is 32.7 Å². The fourth-order valence-corrected chi connectivity index (χ4v) is 3.43. The third kappa shape index (κ3) is 5.05. The number of halogens is 2. The number of aliphatic hydroxyl groups excluding tert-OH is 1. The Morgan fingerprint density at radius 2 is 1.57 bits per heavy atom. The first-order chi connectivity index (χ1) is 14.4. The summed E-state index contributed by atoms with van der Waals surface area (Å²) in [6.07, 6.45) is -2.22. The number of aliphatic hydroxyl groups is 1. The number of hydrogen-bond donors (Lipinski definition) is 2. The van der Waals surface area contributed by atoms with Gasteiger partial charge in [0.05, 0.1) is 0 Å². The van der Waals surface area contributed by atoms with E-state index in [1.54, 1.807) is 36.4 Å². The summed E-state index contributed by atoms with van der Waals surface area (Å²) >= 11 is 12.5. The summed E-state index contributed by atoms with van der Waals surface area (Å²) in [6.45, 7) is 1.89. The van der Waals surface area contributed by atoms with E-state index in [2.05, 4.69) is 0 Å². The quantitative estimate of drug-likeness (QED) is 0.455. The number of benzene rings is 3. The molecule has 0 heterocycles. The minimum atomic E-state index is -1.77. The predicted molar refractivity (Wildman–Crippen MR) is 115 cm³/mol. The molecular formula is C23H20Cl2O5. The van der Waals surface area contributed by atoms with E-state index in [1.807, 2.05) is 31.2 Å². The molecule has 5 nitrogen and oxygen atoms in total. The van der Waals surface area contributed by atoms with Gasteiger partial charge in [-0.1, -0.05) is 71.7 Å². The minimum absolute atomic E-state index is 0.0693. The molecule has 0 saturated heterocycles. The molecule has 0 aliphatic carbocycles. The maximum atomic E-state index is 11.4. The number of rotatable bonds is 8. The Bertz CT molecular complexity index is 1040. The summed E-state index contributed by atoms with van der Waals surface area (Å²) in [5.41, 5.74) is 1.56. The number of carboxylic acid groups (broad SMARTS) is 1. The SMILES string of the molecule is CC(Oc1cccc(C(O)C(=O)O)c1OCc1ccccc1Cl)c1ccccc1Cl. The molecule has 3 aromatic carbocycles. The molecule has 7 heteroatoms. The van der Waals surface area contributed by atoms with Crippen molar-refractivity contribution in [1.82, 2.24) is 0 Å². The molecule has 30 heavy (non-hydrogen) atoms. The number of hydrogen-bond acceptors (Lipinski definition) is 4. The van der Waals surface area contributed by atoms with Gasteiger partial charge >= 0.3 is 5.97 Å². The van der Waals surface area contributed by atoms with Gasteiger partial charge in [-0.3, -0.25) is 0 Å². The van der Waals surface area contributed by atoms with Crippen molar-refractivity contribution in [3.8, 4) is 11.5 Å². The molecule has 0 bridgehead atoms. The van der Waals surface area contributed by atoms with Crippen molar-refractivity contribution in [2.75, 3.05) is 0 Å². The lowest BCUT2D eigenvalue weighted by Gasteiger charge is -2.22. The average Bonchev–Trinajstić information content (AvgIpc) is 2.73. The molecule has 0 aromatic heterocycles. The van der Waals surface area contributed by atoms with Crippen LogP contribution in [0.25, 0.3) is 0 Å². The van der Waals surface area contributed by atoms with Crippen molar-refractivity contribution in [2.45, 2.75) is 25.7 Å². The zero-order chi connectivity index (χ0) is 21.7. The van der Waals surface area contributed by atoms with Gasteiger partial charge in [0.2, 0.25) is 0 Å². The van der Waals surface area contributed by atoms with E-state index in [0.29, 0.717) is 15.6 Å². The van der Waals surface area contributed by atoms with Crippen LogP contribution in [0.1, 0.15) is 35.8 Å². The van der Waals surface area contributed by atoms with E-state index in [-0.39, 0.29) is 23.7 Å². The highest BCUT2D eigenvalue weighted by Crippen LogP contribution is 2.39. The molecule has 0 fully saturated rings. The van der Waals surface area contributed by atoms with Crippen molar-refractivity contribution in [2.24, 2.45) is 0 Å². The standard InChI is InChI=1S/C23H20Cl2O5/c1-14(16-8-3-5-11-19(16)25)30-20-12-6-9-17(21(26)23(27)28)22(20)29-13-15-7-2-4-10-18(15)24/h2-12,14,21,26H,13H2,1H3,(H,27,28). The van der Waals surface area contributed by atoms with Crippen molar-refractivity contribution in [1.29, 1.82) is 0 Å². The number of carbonyl (C=O) groups is 1. The van der Waals surface area contributed by atoms with Gasteiger partial charge in [0.15, 0.2) is 17.6 Å². The lowest BCUT2D eigenvalue weighted by molar-refractivity contribution is -0.147. The second-order valence-electron chi connectivity index (χ2n) is 6.58. The predicted octanol–water partition coefficient (Wildman–Crippen LogP) is 5.83.